The van der Waals surface area contributed by atoms with Crippen molar-refractivity contribution in [2.24, 2.45) is 5.92 Å². The molecule has 0 aromatic heterocycles. The van der Waals surface area contributed by atoms with Crippen LogP contribution in [0.4, 0.5) is 0 Å². The lowest BCUT2D eigenvalue weighted by Gasteiger charge is -2.31. The standard InChI is InChI=1S/C9H18O/c1-4-9-6-7(2)5-8(3)10-9/h7-9H,4-6H2,1-3H3/t7-,8+,9-/m0/s1. The number of hydrogen-bond acceptors (Lipinski definition) is 1. The monoisotopic (exact) mass is 142 g/mol. The van der Waals surface area contributed by atoms with E-state index < -0.39 is 0 Å². The average molecular weight is 142 g/mol. The minimum absolute atomic E-state index is 0.494. The van der Waals surface area contributed by atoms with Gasteiger partial charge >= 0.3 is 0 Å². The van der Waals surface area contributed by atoms with Gasteiger partial charge in [-0.1, -0.05) is 13.8 Å². The molecule has 0 saturated carbocycles. The fourth-order valence-corrected chi connectivity index (χ4v) is 1.81. The van der Waals surface area contributed by atoms with E-state index in [0.717, 1.165) is 5.92 Å². The van der Waals surface area contributed by atoms with Gasteiger partial charge in [0.25, 0.3) is 0 Å². The van der Waals surface area contributed by atoms with Gasteiger partial charge in [-0.2, -0.15) is 0 Å². The van der Waals surface area contributed by atoms with Crippen LogP contribution in [0.25, 0.3) is 0 Å². The maximum Gasteiger partial charge on any atom is 0.0578 e. The van der Waals surface area contributed by atoms with Crippen LogP contribution >= 0.6 is 0 Å². The maximum atomic E-state index is 5.71. The van der Waals surface area contributed by atoms with E-state index in [1.54, 1.807) is 0 Å². The fraction of sp³-hybridized carbons (Fsp3) is 1.00. The summed E-state index contributed by atoms with van der Waals surface area (Å²) in [5.74, 6) is 0.869. The molecule has 10 heavy (non-hydrogen) atoms. The molecule has 0 aromatic carbocycles. The Morgan fingerprint density at radius 3 is 2.50 bits per heavy atom. The molecule has 1 aliphatic heterocycles. The Hall–Kier alpha value is -0.0400. The van der Waals surface area contributed by atoms with Gasteiger partial charge in [0.2, 0.25) is 0 Å². The summed E-state index contributed by atoms with van der Waals surface area (Å²) in [6.07, 6.45) is 4.72. The molecule has 0 aliphatic carbocycles. The predicted molar refractivity (Wildman–Crippen MR) is 43.0 cm³/mol. The summed E-state index contributed by atoms with van der Waals surface area (Å²) in [4.78, 5) is 0. The van der Waals surface area contributed by atoms with E-state index in [-0.39, 0.29) is 0 Å². The average Bonchev–Trinajstić information content (AvgIpc) is 1.85. The first-order valence-corrected chi connectivity index (χ1v) is 4.37. The van der Waals surface area contributed by atoms with E-state index in [1.165, 1.54) is 19.3 Å². The lowest BCUT2D eigenvalue weighted by molar-refractivity contribution is -0.0594. The number of hydrogen-bond donors (Lipinski definition) is 0. The highest BCUT2D eigenvalue weighted by molar-refractivity contribution is 4.71. The second-order valence-corrected chi connectivity index (χ2v) is 3.55. The van der Waals surface area contributed by atoms with Crippen molar-refractivity contribution >= 4 is 0 Å². The molecule has 1 fully saturated rings. The molecule has 1 saturated heterocycles. The molecule has 1 rings (SSSR count). The molecule has 0 unspecified atom stereocenters. The van der Waals surface area contributed by atoms with Crippen molar-refractivity contribution in [1.82, 2.24) is 0 Å². The van der Waals surface area contributed by atoms with Crippen molar-refractivity contribution in [2.45, 2.75) is 52.2 Å². The second-order valence-electron chi connectivity index (χ2n) is 3.55. The van der Waals surface area contributed by atoms with Crippen LogP contribution in [0.3, 0.4) is 0 Å². The molecule has 0 bridgehead atoms. The Kier molecular flexibility index (Phi) is 2.72. The Morgan fingerprint density at radius 2 is 2.00 bits per heavy atom. The Labute approximate surface area is 63.8 Å². The summed E-state index contributed by atoms with van der Waals surface area (Å²) in [6.45, 7) is 6.70. The molecule has 1 heteroatoms. The molecule has 0 spiro atoms. The highest BCUT2D eigenvalue weighted by atomic mass is 16.5. The Morgan fingerprint density at radius 1 is 1.30 bits per heavy atom. The van der Waals surface area contributed by atoms with E-state index >= 15 is 0 Å². The summed E-state index contributed by atoms with van der Waals surface area (Å²) in [6, 6.07) is 0. The van der Waals surface area contributed by atoms with Gasteiger partial charge in [-0.3, -0.25) is 0 Å². The molecule has 1 heterocycles. The Bertz CT molecular complexity index is 90.9. The summed E-state index contributed by atoms with van der Waals surface area (Å²) in [5.41, 5.74) is 0. The Balaban J connectivity index is 2.35. The van der Waals surface area contributed by atoms with Gasteiger partial charge < -0.3 is 4.74 Å². The van der Waals surface area contributed by atoms with Crippen molar-refractivity contribution in [1.29, 1.82) is 0 Å². The van der Waals surface area contributed by atoms with Crippen LogP contribution < -0.4 is 0 Å². The summed E-state index contributed by atoms with van der Waals surface area (Å²) < 4.78 is 5.71. The number of ether oxygens (including phenoxy) is 1. The van der Waals surface area contributed by atoms with Crippen LogP contribution in [0.2, 0.25) is 0 Å². The lowest BCUT2D eigenvalue weighted by Crippen LogP contribution is -2.29. The fourth-order valence-electron chi connectivity index (χ4n) is 1.81. The van der Waals surface area contributed by atoms with Crippen molar-refractivity contribution in [2.75, 3.05) is 0 Å². The van der Waals surface area contributed by atoms with E-state index in [1.807, 2.05) is 0 Å². The molecule has 60 valence electrons. The van der Waals surface area contributed by atoms with Gasteiger partial charge in [-0.05, 0) is 32.1 Å². The van der Waals surface area contributed by atoms with E-state index in [4.69, 9.17) is 4.74 Å². The van der Waals surface area contributed by atoms with Gasteiger partial charge in [0.05, 0.1) is 12.2 Å². The highest BCUT2D eigenvalue weighted by Crippen LogP contribution is 2.25. The SMILES string of the molecule is CC[C@H]1C[C@@H](C)C[C@@H](C)O1. The third-order valence-electron chi connectivity index (χ3n) is 2.28. The normalized spacial score (nSPS) is 41.7. The molecular weight excluding hydrogens is 124 g/mol. The van der Waals surface area contributed by atoms with Crippen LogP contribution in [0, 0.1) is 5.92 Å². The second kappa shape index (κ2) is 3.38. The predicted octanol–water partition coefficient (Wildman–Crippen LogP) is 2.60. The quantitative estimate of drug-likeness (QED) is 0.547. The molecular formula is C9H18O. The third-order valence-corrected chi connectivity index (χ3v) is 2.28. The van der Waals surface area contributed by atoms with Gasteiger partial charge in [-0.15, -0.1) is 0 Å². The third kappa shape index (κ3) is 1.98. The van der Waals surface area contributed by atoms with Gasteiger partial charge in [0.1, 0.15) is 0 Å². The molecule has 0 amide bonds. The van der Waals surface area contributed by atoms with Gasteiger partial charge in [0.15, 0.2) is 0 Å². The summed E-state index contributed by atoms with van der Waals surface area (Å²) in [7, 11) is 0. The smallest absolute Gasteiger partial charge is 0.0578 e. The minimum atomic E-state index is 0.494. The van der Waals surface area contributed by atoms with Gasteiger partial charge in [-0.25, -0.2) is 0 Å². The van der Waals surface area contributed by atoms with Crippen LogP contribution in [0.5, 0.6) is 0 Å². The van der Waals surface area contributed by atoms with Crippen LogP contribution in [-0.2, 0) is 4.74 Å². The minimum Gasteiger partial charge on any atom is -0.375 e. The molecule has 3 atom stereocenters. The van der Waals surface area contributed by atoms with Crippen molar-refractivity contribution < 1.29 is 4.74 Å². The molecule has 1 nitrogen and oxygen atoms in total. The zero-order valence-electron chi connectivity index (χ0n) is 7.26. The van der Waals surface area contributed by atoms with Crippen LogP contribution in [-0.4, -0.2) is 12.2 Å². The van der Waals surface area contributed by atoms with Crippen LogP contribution in [0.1, 0.15) is 40.0 Å². The molecule has 0 aromatic rings. The maximum absolute atomic E-state index is 5.71. The summed E-state index contributed by atoms with van der Waals surface area (Å²) >= 11 is 0. The first-order valence-electron chi connectivity index (χ1n) is 4.37. The van der Waals surface area contributed by atoms with E-state index in [2.05, 4.69) is 20.8 Å². The zero-order valence-corrected chi connectivity index (χ0v) is 7.26. The lowest BCUT2D eigenvalue weighted by atomic mass is 9.93. The molecule has 0 N–H and O–H groups in total. The van der Waals surface area contributed by atoms with Gasteiger partial charge in [0, 0.05) is 0 Å². The first-order chi connectivity index (χ1) is 4.72. The highest BCUT2D eigenvalue weighted by Gasteiger charge is 2.22. The summed E-state index contributed by atoms with van der Waals surface area (Å²) in [5, 5.41) is 0. The zero-order chi connectivity index (χ0) is 7.56. The van der Waals surface area contributed by atoms with E-state index in [9.17, 15) is 0 Å². The van der Waals surface area contributed by atoms with Crippen molar-refractivity contribution in [3.8, 4) is 0 Å². The number of rotatable bonds is 1. The topological polar surface area (TPSA) is 9.23 Å². The first kappa shape index (κ1) is 8.06. The molecule has 1 aliphatic rings. The largest absolute Gasteiger partial charge is 0.375 e. The van der Waals surface area contributed by atoms with Crippen molar-refractivity contribution in [3.63, 3.8) is 0 Å². The van der Waals surface area contributed by atoms with Crippen LogP contribution in [0.15, 0.2) is 0 Å². The van der Waals surface area contributed by atoms with Crippen molar-refractivity contribution in [3.05, 3.63) is 0 Å². The van der Waals surface area contributed by atoms with E-state index in [0.29, 0.717) is 12.2 Å². The molecule has 0 radical (unpaired) electrons.